The summed E-state index contributed by atoms with van der Waals surface area (Å²) in [6.45, 7) is 9.80. The number of benzene rings is 1. The van der Waals surface area contributed by atoms with Crippen LogP contribution in [0.5, 0.6) is 0 Å². The maximum atomic E-state index is 11.8. The summed E-state index contributed by atoms with van der Waals surface area (Å²) in [5.41, 5.74) is 2.87. The third-order valence-corrected chi connectivity index (χ3v) is 5.58. The fourth-order valence-electron chi connectivity index (χ4n) is 2.62. The molecule has 0 spiro atoms. The van der Waals surface area contributed by atoms with Gasteiger partial charge in [0.2, 0.25) is 5.91 Å². The van der Waals surface area contributed by atoms with Gasteiger partial charge in [-0.1, -0.05) is 26.0 Å². The van der Waals surface area contributed by atoms with Crippen LogP contribution in [0.15, 0.2) is 34.6 Å². The lowest BCUT2D eigenvalue weighted by Crippen LogP contribution is -2.38. The summed E-state index contributed by atoms with van der Waals surface area (Å²) in [7, 11) is 3.70. The first kappa shape index (κ1) is 27.3. The Morgan fingerprint density at radius 2 is 1.94 bits per heavy atom. The summed E-state index contributed by atoms with van der Waals surface area (Å²) >= 11 is 1.61. The lowest BCUT2D eigenvalue weighted by Gasteiger charge is -2.21. The molecule has 9 heteroatoms. The fourth-order valence-corrected chi connectivity index (χ4v) is 3.46. The minimum Gasteiger partial charge on any atom is -0.375 e. The summed E-state index contributed by atoms with van der Waals surface area (Å²) in [5.74, 6) is 0.796. The van der Waals surface area contributed by atoms with Gasteiger partial charge in [0, 0.05) is 37.7 Å². The topological polar surface area (TPSA) is 78.9 Å². The number of aromatic nitrogens is 1. The molecule has 2 N–H and O–H groups in total. The number of thiazole rings is 1. The third-order valence-electron chi connectivity index (χ3n) is 4.52. The van der Waals surface area contributed by atoms with E-state index in [1.54, 1.807) is 18.4 Å². The Hall–Kier alpha value is -1.72. The van der Waals surface area contributed by atoms with Gasteiger partial charge in [-0.15, -0.1) is 35.3 Å². The van der Waals surface area contributed by atoms with Gasteiger partial charge in [0.15, 0.2) is 5.96 Å². The predicted molar refractivity (Wildman–Crippen MR) is 139 cm³/mol. The van der Waals surface area contributed by atoms with Crippen molar-refractivity contribution >= 4 is 52.9 Å². The van der Waals surface area contributed by atoms with Crippen molar-refractivity contribution in [2.24, 2.45) is 10.9 Å². The lowest BCUT2D eigenvalue weighted by atomic mass is 10.2. The minimum atomic E-state index is -0.0426. The van der Waals surface area contributed by atoms with Crippen molar-refractivity contribution in [3.63, 3.8) is 0 Å². The number of methoxy groups -OCH3 is 1. The number of nitrogens with one attached hydrogen (secondary N) is 2. The first-order valence-corrected chi connectivity index (χ1v) is 11.1. The largest absolute Gasteiger partial charge is 0.375 e. The number of halogens is 1. The van der Waals surface area contributed by atoms with Crippen molar-refractivity contribution in [2.45, 2.75) is 46.9 Å². The zero-order chi connectivity index (χ0) is 22.1. The number of carbonyl (C=O) groups is 1. The van der Waals surface area contributed by atoms with Crippen molar-refractivity contribution in [1.82, 2.24) is 15.2 Å². The van der Waals surface area contributed by atoms with E-state index in [-0.39, 0.29) is 41.9 Å². The molecule has 0 fully saturated rings. The molecule has 0 aliphatic heterocycles. The van der Waals surface area contributed by atoms with E-state index in [9.17, 15) is 4.79 Å². The highest BCUT2D eigenvalue weighted by atomic mass is 127. The Labute approximate surface area is 206 Å². The van der Waals surface area contributed by atoms with Gasteiger partial charge in [0.1, 0.15) is 11.1 Å². The van der Waals surface area contributed by atoms with Gasteiger partial charge < -0.3 is 20.3 Å². The minimum absolute atomic E-state index is 0. The summed E-state index contributed by atoms with van der Waals surface area (Å²) in [6, 6.07) is 7.80. The molecule has 0 aliphatic carbocycles. The zero-order valence-corrected chi connectivity index (χ0v) is 22.3. The molecule has 31 heavy (non-hydrogen) atoms. The molecule has 0 saturated carbocycles. The highest BCUT2D eigenvalue weighted by Gasteiger charge is 2.13. The Kier molecular flexibility index (Phi) is 12.0. The number of amides is 1. The monoisotopic (exact) mass is 559 g/mol. The fraction of sp³-hybridized carbons (Fsp3) is 0.500. The number of ether oxygens (including phenoxy) is 1. The summed E-state index contributed by atoms with van der Waals surface area (Å²) < 4.78 is 5.34. The second-order valence-electron chi connectivity index (χ2n) is 7.42. The highest BCUT2D eigenvalue weighted by molar-refractivity contribution is 14.0. The molecule has 0 saturated heterocycles. The number of rotatable bonds is 9. The van der Waals surface area contributed by atoms with Crippen molar-refractivity contribution in [2.75, 3.05) is 26.0 Å². The molecule has 1 amide bonds. The molecule has 172 valence electrons. The van der Waals surface area contributed by atoms with E-state index in [0.29, 0.717) is 13.1 Å². The van der Waals surface area contributed by atoms with Crippen LogP contribution in [0.4, 0.5) is 5.69 Å². The number of anilines is 1. The van der Waals surface area contributed by atoms with Crippen LogP contribution in [0, 0.1) is 5.92 Å². The molecule has 1 aromatic heterocycles. The van der Waals surface area contributed by atoms with E-state index in [1.807, 2.05) is 52.1 Å². The van der Waals surface area contributed by atoms with Gasteiger partial charge in [-0.3, -0.25) is 4.79 Å². The average Bonchev–Trinajstić information content (AvgIpc) is 3.19. The van der Waals surface area contributed by atoms with E-state index < -0.39 is 0 Å². The van der Waals surface area contributed by atoms with E-state index in [1.165, 1.54) is 0 Å². The molecule has 0 radical (unpaired) electrons. The molecule has 7 nitrogen and oxygen atoms in total. The Balaban J connectivity index is 0.00000480. The Morgan fingerprint density at radius 1 is 1.26 bits per heavy atom. The van der Waals surface area contributed by atoms with Crippen molar-refractivity contribution in [3.05, 3.63) is 45.9 Å². The van der Waals surface area contributed by atoms with Crippen molar-refractivity contribution in [1.29, 1.82) is 0 Å². The molecule has 2 rings (SSSR count). The van der Waals surface area contributed by atoms with E-state index in [4.69, 9.17) is 9.73 Å². The number of nitrogens with zero attached hydrogens (tertiary/aromatic N) is 3. The van der Waals surface area contributed by atoms with Gasteiger partial charge in [-0.25, -0.2) is 9.98 Å². The standard InChI is InChI=1S/C22H33N5O2S.HI/c1-7-23-22(27(5)13-19-14-30-21(26-19)16(4)29-6)24-12-17-8-10-18(11-9-17)25-20(28)15(2)3;/h8-11,14-16H,7,12-13H2,1-6H3,(H,23,24)(H,25,28);1H. The Bertz CT molecular complexity index is 839. The van der Waals surface area contributed by atoms with Gasteiger partial charge in [-0.2, -0.15) is 0 Å². The zero-order valence-electron chi connectivity index (χ0n) is 19.1. The molecule has 1 heterocycles. The predicted octanol–water partition coefficient (Wildman–Crippen LogP) is 4.66. The van der Waals surface area contributed by atoms with Crippen molar-refractivity contribution < 1.29 is 9.53 Å². The molecule has 2 aromatic rings. The molecular formula is C22H34IN5O2S. The quantitative estimate of drug-likeness (QED) is 0.266. The molecule has 1 unspecified atom stereocenters. The Morgan fingerprint density at radius 3 is 2.52 bits per heavy atom. The maximum Gasteiger partial charge on any atom is 0.226 e. The maximum absolute atomic E-state index is 11.8. The summed E-state index contributed by atoms with van der Waals surface area (Å²) in [6.07, 6.45) is 0.00394. The number of hydrogen-bond donors (Lipinski definition) is 2. The average molecular weight is 560 g/mol. The summed E-state index contributed by atoms with van der Waals surface area (Å²) in [4.78, 5) is 23.3. The second kappa shape index (κ2) is 13.6. The SMILES string of the molecule is CCNC(=NCc1ccc(NC(=O)C(C)C)cc1)N(C)Cc1csc(C(C)OC)n1.I. The van der Waals surface area contributed by atoms with Gasteiger partial charge in [-0.05, 0) is 31.5 Å². The normalized spacial score (nSPS) is 12.3. The van der Waals surface area contributed by atoms with E-state index in [2.05, 4.69) is 32.8 Å². The van der Waals surface area contributed by atoms with E-state index >= 15 is 0 Å². The third kappa shape index (κ3) is 8.74. The first-order chi connectivity index (χ1) is 14.3. The van der Waals surface area contributed by atoms with Crippen LogP contribution >= 0.6 is 35.3 Å². The van der Waals surface area contributed by atoms with Crippen LogP contribution in [0.25, 0.3) is 0 Å². The number of aliphatic imine (C=N–C) groups is 1. The first-order valence-electron chi connectivity index (χ1n) is 10.2. The van der Waals surface area contributed by atoms with Crippen LogP contribution in [0.2, 0.25) is 0 Å². The molecule has 0 bridgehead atoms. The summed E-state index contributed by atoms with van der Waals surface area (Å²) in [5, 5.41) is 9.28. The van der Waals surface area contributed by atoms with Gasteiger partial charge >= 0.3 is 0 Å². The lowest BCUT2D eigenvalue weighted by molar-refractivity contribution is -0.118. The van der Waals surface area contributed by atoms with Crippen LogP contribution in [0.1, 0.15) is 50.1 Å². The number of carbonyl (C=O) groups excluding carboxylic acids is 1. The van der Waals surface area contributed by atoms with Crippen LogP contribution in [-0.2, 0) is 22.6 Å². The van der Waals surface area contributed by atoms with Crippen molar-refractivity contribution in [3.8, 4) is 0 Å². The molecule has 1 aromatic carbocycles. The highest BCUT2D eigenvalue weighted by Crippen LogP contribution is 2.21. The molecule has 0 aliphatic rings. The van der Waals surface area contributed by atoms with Gasteiger partial charge in [0.25, 0.3) is 0 Å². The van der Waals surface area contributed by atoms with Gasteiger partial charge in [0.05, 0.1) is 18.8 Å². The van der Waals surface area contributed by atoms with E-state index in [0.717, 1.165) is 34.5 Å². The van der Waals surface area contributed by atoms with Crippen LogP contribution in [-0.4, -0.2) is 42.5 Å². The molecule has 1 atom stereocenters. The number of hydrogen-bond acceptors (Lipinski definition) is 5. The molecular weight excluding hydrogens is 525 g/mol. The smallest absolute Gasteiger partial charge is 0.226 e. The number of guanidine groups is 1. The van der Waals surface area contributed by atoms with Crippen LogP contribution in [0.3, 0.4) is 0 Å². The van der Waals surface area contributed by atoms with Crippen LogP contribution < -0.4 is 10.6 Å². The second-order valence-corrected chi connectivity index (χ2v) is 8.31.